The predicted molar refractivity (Wildman–Crippen MR) is 112 cm³/mol. The van der Waals surface area contributed by atoms with Gasteiger partial charge in [-0.15, -0.1) is 0 Å². The summed E-state index contributed by atoms with van der Waals surface area (Å²) < 4.78 is 11.7. The molecule has 1 spiro atoms. The zero-order valence-corrected chi connectivity index (χ0v) is 16.9. The van der Waals surface area contributed by atoms with Crippen LogP contribution in [0.1, 0.15) is 18.4 Å². The molecule has 0 aliphatic carbocycles. The van der Waals surface area contributed by atoms with Gasteiger partial charge in [0.25, 0.3) is 0 Å². The van der Waals surface area contributed by atoms with Gasteiger partial charge in [-0.1, -0.05) is 30.3 Å². The molecule has 0 amide bonds. The molecule has 1 aromatic heterocycles. The molecule has 2 aromatic rings. The van der Waals surface area contributed by atoms with Crippen LogP contribution in [-0.4, -0.2) is 73.1 Å². The van der Waals surface area contributed by atoms with E-state index in [0.29, 0.717) is 13.2 Å². The van der Waals surface area contributed by atoms with E-state index in [4.69, 9.17) is 9.47 Å². The lowest BCUT2D eigenvalue weighted by Crippen LogP contribution is -2.47. The number of benzene rings is 1. The van der Waals surface area contributed by atoms with Crippen molar-refractivity contribution >= 4 is 11.6 Å². The van der Waals surface area contributed by atoms with Gasteiger partial charge in [0.2, 0.25) is 0 Å². The Hall–Kier alpha value is -2.22. The van der Waals surface area contributed by atoms with Gasteiger partial charge >= 0.3 is 0 Å². The maximum Gasteiger partial charge on any atom is 0.171 e. The van der Waals surface area contributed by atoms with Crippen molar-refractivity contribution in [2.45, 2.75) is 25.2 Å². The third-order valence-electron chi connectivity index (χ3n) is 6.25. The van der Waals surface area contributed by atoms with Crippen molar-refractivity contribution in [2.75, 3.05) is 62.3 Å². The molecular formula is C22H29N5O2. The first-order valence-corrected chi connectivity index (χ1v) is 10.7. The second kappa shape index (κ2) is 8.26. The van der Waals surface area contributed by atoms with Crippen molar-refractivity contribution in [1.82, 2.24) is 14.9 Å². The van der Waals surface area contributed by atoms with Crippen molar-refractivity contribution in [1.29, 1.82) is 0 Å². The van der Waals surface area contributed by atoms with Crippen LogP contribution in [0.3, 0.4) is 0 Å². The molecule has 0 atom stereocenters. The van der Waals surface area contributed by atoms with E-state index in [1.165, 1.54) is 5.56 Å². The van der Waals surface area contributed by atoms with Gasteiger partial charge < -0.3 is 19.3 Å². The van der Waals surface area contributed by atoms with Crippen molar-refractivity contribution < 1.29 is 9.47 Å². The number of anilines is 2. The van der Waals surface area contributed by atoms with E-state index in [0.717, 1.165) is 70.3 Å². The highest BCUT2D eigenvalue weighted by Crippen LogP contribution is 2.33. The first-order chi connectivity index (χ1) is 14.3. The number of hydrogen-bond acceptors (Lipinski definition) is 7. The van der Waals surface area contributed by atoms with E-state index in [1.54, 1.807) is 6.33 Å². The number of piperidine rings is 1. The van der Waals surface area contributed by atoms with Crippen LogP contribution in [0.15, 0.2) is 42.7 Å². The second-order valence-corrected chi connectivity index (χ2v) is 8.08. The van der Waals surface area contributed by atoms with Crippen molar-refractivity contribution in [3.05, 3.63) is 48.3 Å². The number of hydrogen-bond donors (Lipinski definition) is 0. The summed E-state index contributed by atoms with van der Waals surface area (Å²) in [4.78, 5) is 16.3. The largest absolute Gasteiger partial charge is 0.356 e. The molecule has 4 heterocycles. The predicted octanol–water partition coefficient (Wildman–Crippen LogP) is 2.14. The summed E-state index contributed by atoms with van der Waals surface area (Å²) in [7, 11) is 0. The maximum atomic E-state index is 5.84. The zero-order valence-electron chi connectivity index (χ0n) is 16.9. The van der Waals surface area contributed by atoms with Gasteiger partial charge in [0.15, 0.2) is 5.79 Å². The number of aromatic nitrogens is 2. The molecule has 3 fully saturated rings. The topological polar surface area (TPSA) is 54.0 Å². The van der Waals surface area contributed by atoms with Crippen LogP contribution >= 0.6 is 0 Å². The highest BCUT2D eigenvalue weighted by molar-refractivity contribution is 5.50. The average molecular weight is 396 g/mol. The van der Waals surface area contributed by atoms with E-state index in [9.17, 15) is 0 Å². The molecule has 0 radical (unpaired) electrons. The SMILES string of the molecule is c1ccc(CN2CCN(c3cc(N4CCC5(CC4)OCCO5)ncn3)CC2)cc1. The molecule has 0 bridgehead atoms. The fourth-order valence-electron chi connectivity index (χ4n) is 4.52. The Morgan fingerprint density at radius 3 is 2.07 bits per heavy atom. The van der Waals surface area contributed by atoms with Gasteiger partial charge in [0, 0.05) is 64.7 Å². The van der Waals surface area contributed by atoms with Gasteiger partial charge in [0.1, 0.15) is 18.0 Å². The quantitative estimate of drug-likeness (QED) is 0.786. The summed E-state index contributed by atoms with van der Waals surface area (Å²) in [5.74, 6) is 1.69. The number of piperazine rings is 1. The lowest BCUT2D eigenvalue weighted by molar-refractivity contribution is -0.169. The number of rotatable bonds is 4. The molecule has 3 saturated heterocycles. The van der Waals surface area contributed by atoms with Gasteiger partial charge in [0.05, 0.1) is 13.2 Å². The first-order valence-electron chi connectivity index (χ1n) is 10.7. The van der Waals surface area contributed by atoms with E-state index < -0.39 is 0 Å². The summed E-state index contributed by atoms with van der Waals surface area (Å²) in [5.41, 5.74) is 1.38. The van der Waals surface area contributed by atoms with Crippen LogP contribution < -0.4 is 9.80 Å². The van der Waals surface area contributed by atoms with Gasteiger partial charge in [-0.25, -0.2) is 9.97 Å². The third kappa shape index (κ3) is 4.22. The van der Waals surface area contributed by atoms with Crippen molar-refractivity contribution in [2.24, 2.45) is 0 Å². The van der Waals surface area contributed by atoms with Crippen LogP contribution in [0.5, 0.6) is 0 Å². The van der Waals surface area contributed by atoms with Gasteiger partial charge in [-0.3, -0.25) is 4.90 Å². The molecule has 0 saturated carbocycles. The monoisotopic (exact) mass is 395 g/mol. The van der Waals surface area contributed by atoms with Crippen LogP contribution in [0.4, 0.5) is 11.6 Å². The molecule has 7 nitrogen and oxygen atoms in total. The summed E-state index contributed by atoms with van der Waals surface area (Å²) in [6.45, 7) is 8.35. The molecule has 154 valence electrons. The Kier molecular flexibility index (Phi) is 5.35. The van der Waals surface area contributed by atoms with Crippen LogP contribution in [0.2, 0.25) is 0 Å². The van der Waals surface area contributed by atoms with Crippen molar-refractivity contribution in [3.8, 4) is 0 Å². The standard InChI is InChI=1S/C22H29N5O2/c1-2-4-19(5-3-1)17-25-10-12-27(13-11-25)21-16-20(23-18-24-21)26-8-6-22(7-9-26)28-14-15-29-22/h1-5,16,18H,6-15,17H2. The Labute approximate surface area is 172 Å². The fraction of sp³-hybridized carbons (Fsp3) is 0.545. The van der Waals surface area contributed by atoms with E-state index in [1.807, 2.05) is 0 Å². The second-order valence-electron chi connectivity index (χ2n) is 8.08. The molecule has 5 rings (SSSR count). The smallest absolute Gasteiger partial charge is 0.171 e. The van der Waals surface area contributed by atoms with Gasteiger partial charge in [-0.2, -0.15) is 0 Å². The number of nitrogens with zero attached hydrogens (tertiary/aromatic N) is 5. The van der Waals surface area contributed by atoms with E-state index >= 15 is 0 Å². The Bertz CT molecular complexity index is 794. The normalized spacial score (nSPS) is 22.3. The lowest BCUT2D eigenvalue weighted by Gasteiger charge is -2.38. The average Bonchev–Trinajstić information content (AvgIpc) is 3.23. The molecule has 7 heteroatoms. The summed E-state index contributed by atoms with van der Waals surface area (Å²) >= 11 is 0. The molecule has 29 heavy (non-hydrogen) atoms. The molecule has 3 aliphatic rings. The minimum Gasteiger partial charge on any atom is -0.356 e. The van der Waals surface area contributed by atoms with E-state index in [-0.39, 0.29) is 5.79 Å². The summed E-state index contributed by atoms with van der Waals surface area (Å²) in [6.07, 6.45) is 3.49. The third-order valence-corrected chi connectivity index (χ3v) is 6.25. The lowest BCUT2D eigenvalue weighted by atomic mass is 10.0. The molecule has 0 unspecified atom stereocenters. The molecule has 1 aromatic carbocycles. The summed E-state index contributed by atoms with van der Waals surface area (Å²) in [6, 6.07) is 12.8. The maximum absolute atomic E-state index is 5.84. The van der Waals surface area contributed by atoms with Gasteiger partial charge in [-0.05, 0) is 5.56 Å². The van der Waals surface area contributed by atoms with Crippen LogP contribution in [-0.2, 0) is 16.0 Å². The van der Waals surface area contributed by atoms with Crippen LogP contribution in [0, 0.1) is 0 Å². The Morgan fingerprint density at radius 1 is 0.793 bits per heavy atom. The molecule has 3 aliphatic heterocycles. The Morgan fingerprint density at radius 2 is 1.41 bits per heavy atom. The zero-order chi connectivity index (χ0) is 19.5. The highest BCUT2D eigenvalue weighted by Gasteiger charge is 2.40. The van der Waals surface area contributed by atoms with E-state index in [2.05, 4.69) is 61.1 Å². The first kappa shape index (κ1) is 18.8. The molecular weight excluding hydrogens is 366 g/mol. The van der Waals surface area contributed by atoms with Crippen molar-refractivity contribution in [3.63, 3.8) is 0 Å². The molecule has 0 N–H and O–H groups in total. The summed E-state index contributed by atoms with van der Waals surface area (Å²) in [5, 5.41) is 0. The van der Waals surface area contributed by atoms with Crippen LogP contribution in [0.25, 0.3) is 0 Å². The highest BCUT2D eigenvalue weighted by atomic mass is 16.7. The minimum atomic E-state index is -0.346. The number of ether oxygens (including phenoxy) is 2. The Balaban J connectivity index is 1.18. The minimum absolute atomic E-state index is 0.346. The fourth-order valence-corrected chi connectivity index (χ4v) is 4.52.